The molecule has 22 heavy (non-hydrogen) atoms. The van der Waals surface area contributed by atoms with E-state index in [0.717, 1.165) is 37.3 Å². The highest BCUT2D eigenvalue weighted by molar-refractivity contribution is 5.78. The number of imidazole rings is 1. The number of aryl methyl sites for hydroxylation is 1. The number of hydrogen-bond acceptors (Lipinski definition) is 2. The van der Waals surface area contributed by atoms with Crippen molar-refractivity contribution in [3.05, 3.63) is 53.9 Å². The molecule has 0 fully saturated rings. The summed E-state index contributed by atoms with van der Waals surface area (Å²) < 4.78 is 15.1. The quantitative estimate of drug-likeness (QED) is 0.869. The Labute approximate surface area is 129 Å². The molecule has 4 nitrogen and oxygen atoms in total. The van der Waals surface area contributed by atoms with Crippen molar-refractivity contribution in [2.24, 2.45) is 5.92 Å². The number of hydrogen-bond donors (Lipinski definition) is 0. The maximum absolute atomic E-state index is 12.9. The van der Waals surface area contributed by atoms with E-state index >= 15 is 0 Å². The van der Waals surface area contributed by atoms with Gasteiger partial charge < -0.3 is 9.47 Å². The van der Waals surface area contributed by atoms with Crippen LogP contribution in [0.25, 0.3) is 0 Å². The van der Waals surface area contributed by atoms with Gasteiger partial charge in [-0.2, -0.15) is 0 Å². The van der Waals surface area contributed by atoms with E-state index in [1.807, 2.05) is 19.4 Å². The molecule has 1 amide bonds. The summed E-state index contributed by atoms with van der Waals surface area (Å²) in [5.41, 5.74) is 0.846. The summed E-state index contributed by atoms with van der Waals surface area (Å²) in [4.78, 5) is 18.4. The van der Waals surface area contributed by atoms with Crippen molar-refractivity contribution in [2.45, 2.75) is 25.8 Å². The van der Waals surface area contributed by atoms with Crippen molar-refractivity contribution < 1.29 is 9.18 Å². The standard InChI is InChI=1S/C17H20FN3O/c1-20(17(22)10-13-2-5-15(18)6-3-13)11-14-4-7-16-19-8-9-21(16)12-14/h2-3,5-6,8-9,14H,4,7,10-12H2,1H3. The first kappa shape index (κ1) is 14.8. The molecule has 1 aromatic heterocycles. The first-order chi connectivity index (χ1) is 10.6. The Balaban J connectivity index is 1.54. The molecule has 0 saturated carbocycles. The molecular weight excluding hydrogens is 281 g/mol. The molecule has 0 saturated heterocycles. The smallest absolute Gasteiger partial charge is 0.226 e. The fourth-order valence-electron chi connectivity index (χ4n) is 2.99. The van der Waals surface area contributed by atoms with E-state index in [2.05, 4.69) is 9.55 Å². The molecule has 0 radical (unpaired) electrons. The van der Waals surface area contributed by atoms with Crippen molar-refractivity contribution in [2.75, 3.05) is 13.6 Å². The summed E-state index contributed by atoms with van der Waals surface area (Å²) in [5, 5.41) is 0. The first-order valence-electron chi connectivity index (χ1n) is 7.60. The molecule has 2 aromatic rings. The summed E-state index contributed by atoms with van der Waals surface area (Å²) >= 11 is 0. The number of aromatic nitrogens is 2. The molecule has 5 heteroatoms. The molecule has 3 rings (SSSR count). The highest BCUT2D eigenvalue weighted by Crippen LogP contribution is 2.19. The molecular formula is C17H20FN3O. The first-order valence-corrected chi connectivity index (χ1v) is 7.60. The number of fused-ring (bicyclic) bond motifs is 1. The summed E-state index contributed by atoms with van der Waals surface area (Å²) in [6.07, 6.45) is 6.19. The molecule has 1 atom stereocenters. The number of amides is 1. The normalized spacial score (nSPS) is 17.1. The van der Waals surface area contributed by atoms with E-state index in [1.54, 1.807) is 17.0 Å². The largest absolute Gasteiger partial charge is 0.345 e. The monoisotopic (exact) mass is 301 g/mol. The van der Waals surface area contributed by atoms with Crippen molar-refractivity contribution in [1.82, 2.24) is 14.5 Å². The summed E-state index contributed by atoms with van der Waals surface area (Å²) in [6, 6.07) is 6.12. The molecule has 1 aliphatic heterocycles. The second kappa shape index (κ2) is 6.30. The van der Waals surface area contributed by atoms with Gasteiger partial charge in [0.2, 0.25) is 5.91 Å². The lowest BCUT2D eigenvalue weighted by Crippen LogP contribution is -2.36. The second-order valence-electron chi connectivity index (χ2n) is 5.98. The maximum atomic E-state index is 12.9. The summed E-state index contributed by atoms with van der Waals surface area (Å²) in [5.74, 6) is 1.39. The van der Waals surface area contributed by atoms with Gasteiger partial charge in [-0.1, -0.05) is 12.1 Å². The second-order valence-corrected chi connectivity index (χ2v) is 5.98. The SMILES string of the molecule is CN(CC1CCc2nccn2C1)C(=O)Cc1ccc(F)cc1. The molecule has 2 heterocycles. The Bertz CT molecular complexity index is 650. The van der Waals surface area contributed by atoms with Crippen LogP contribution < -0.4 is 0 Å². The third-order valence-electron chi connectivity index (χ3n) is 4.26. The predicted octanol–water partition coefficient (Wildman–Crippen LogP) is 2.29. The summed E-state index contributed by atoms with van der Waals surface area (Å²) in [7, 11) is 1.84. The van der Waals surface area contributed by atoms with Crippen molar-refractivity contribution >= 4 is 5.91 Å². The van der Waals surface area contributed by atoms with Gasteiger partial charge in [0.1, 0.15) is 11.6 Å². The molecule has 116 valence electrons. The van der Waals surface area contributed by atoms with Gasteiger partial charge in [-0.05, 0) is 30.0 Å². The van der Waals surface area contributed by atoms with Crippen LogP contribution >= 0.6 is 0 Å². The molecule has 0 N–H and O–H groups in total. The molecule has 0 spiro atoms. The lowest BCUT2D eigenvalue weighted by molar-refractivity contribution is -0.129. The van der Waals surface area contributed by atoms with Crippen LogP contribution in [0.5, 0.6) is 0 Å². The third-order valence-corrected chi connectivity index (χ3v) is 4.26. The number of halogens is 1. The van der Waals surface area contributed by atoms with Gasteiger partial charge in [0.05, 0.1) is 6.42 Å². The average Bonchev–Trinajstić information content (AvgIpc) is 2.97. The Morgan fingerprint density at radius 2 is 2.18 bits per heavy atom. The van der Waals surface area contributed by atoms with Gasteiger partial charge in [0, 0.05) is 39.0 Å². The molecule has 1 aromatic carbocycles. The average molecular weight is 301 g/mol. The van der Waals surface area contributed by atoms with Crippen LogP contribution in [0.4, 0.5) is 4.39 Å². The summed E-state index contributed by atoms with van der Waals surface area (Å²) in [6.45, 7) is 1.67. The maximum Gasteiger partial charge on any atom is 0.226 e. The Morgan fingerprint density at radius 3 is 2.95 bits per heavy atom. The number of nitrogens with zero attached hydrogens (tertiary/aromatic N) is 3. The van der Waals surface area contributed by atoms with E-state index in [0.29, 0.717) is 12.3 Å². The minimum atomic E-state index is -0.275. The fourth-order valence-corrected chi connectivity index (χ4v) is 2.99. The van der Waals surface area contributed by atoms with Gasteiger partial charge in [-0.15, -0.1) is 0 Å². The van der Waals surface area contributed by atoms with E-state index in [9.17, 15) is 9.18 Å². The van der Waals surface area contributed by atoms with E-state index in [1.165, 1.54) is 12.1 Å². The lowest BCUT2D eigenvalue weighted by atomic mass is 9.98. The number of carbonyl (C=O) groups excluding carboxylic acids is 1. The van der Waals surface area contributed by atoms with E-state index in [-0.39, 0.29) is 11.7 Å². The zero-order valence-electron chi connectivity index (χ0n) is 12.7. The number of benzene rings is 1. The predicted molar refractivity (Wildman–Crippen MR) is 81.8 cm³/mol. The van der Waals surface area contributed by atoms with Crippen molar-refractivity contribution in [1.29, 1.82) is 0 Å². The van der Waals surface area contributed by atoms with Gasteiger partial charge in [0.25, 0.3) is 0 Å². The third kappa shape index (κ3) is 3.35. The number of rotatable bonds is 4. The highest BCUT2D eigenvalue weighted by Gasteiger charge is 2.21. The van der Waals surface area contributed by atoms with Crippen LogP contribution in [-0.2, 0) is 24.2 Å². The van der Waals surface area contributed by atoms with Crippen LogP contribution in [-0.4, -0.2) is 34.0 Å². The lowest BCUT2D eigenvalue weighted by Gasteiger charge is -2.28. The van der Waals surface area contributed by atoms with Crippen LogP contribution in [0.1, 0.15) is 17.8 Å². The van der Waals surface area contributed by atoms with Crippen LogP contribution in [0.2, 0.25) is 0 Å². The van der Waals surface area contributed by atoms with Crippen LogP contribution in [0, 0.1) is 11.7 Å². The van der Waals surface area contributed by atoms with Crippen molar-refractivity contribution in [3.63, 3.8) is 0 Å². The topological polar surface area (TPSA) is 38.1 Å². The van der Waals surface area contributed by atoms with Gasteiger partial charge in [-0.3, -0.25) is 4.79 Å². The zero-order chi connectivity index (χ0) is 15.5. The van der Waals surface area contributed by atoms with Crippen LogP contribution in [0.15, 0.2) is 36.7 Å². The van der Waals surface area contributed by atoms with Crippen molar-refractivity contribution in [3.8, 4) is 0 Å². The van der Waals surface area contributed by atoms with Gasteiger partial charge in [-0.25, -0.2) is 9.37 Å². The Morgan fingerprint density at radius 1 is 1.41 bits per heavy atom. The van der Waals surface area contributed by atoms with Gasteiger partial charge in [0.15, 0.2) is 0 Å². The highest BCUT2D eigenvalue weighted by atomic mass is 19.1. The van der Waals surface area contributed by atoms with E-state index < -0.39 is 0 Å². The molecule has 1 unspecified atom stereocenters. The fraction of sp³-hybridized carbons (Fsp3) is 0.412. The molecule has 0 bridgehead atoms. The minimum absolute atomic E-state index is 0.0723. The van der Waals surface area contributed by atoms with Gasteiger partial charge >= 0.3 is 0 Å². The zero-order valence-corrected chi connectivity index (χ0v) is 12.7. The minimum Gasteiger partial charge on any atom is -0.345 e. The van der Waals surface area contributed by atoms with Crippen LogP contribution in [0.3, 0.4) is 0 Å². The number of likely N-dealkylation sites (N-methyl/N-ethyl adjacent to an activating group) is 1. The molecule has 0 aliphatic carbocycles. The number of carbonyl (C=O) groups is 1. The Hall–Kier alpha value is -2.17. The Kier molecular flexibility index (Phi) is 4.22. The van der Waals surface area contributed by atoms with E-state index in [4.69, 9.17) is 0 Å². The molecule has 1 aliphatic rings.